The number of nitrogens with zero attached hydrogens (tertiary/aromatic N) is 3. The average Bonchev–Trinajstić information content (AvgIpc) is 3.10. The standard InChI is InChI=1S/C17H13Cl2N3O2S/c1-22(11-4-6-15(24-2)20-8-11)17(23)14-9-25-16(21-14)12-5-3-10(18)7-13(12)19/h3-9H,1-2H3. The van der Waals surface area contributed by atoms with Gasteiger partial charge in [-0.2, -0.15) is 0 Å². The van der Waals surface area contributed by atoms with Crippen molar-refractivity contribution in [1.82, 2.24) is 9.97 Å². The van der Waals surface area contributed by atoms with E-state index in [0.29, 0.717) is 32.3 Å². The summed E-state index contributed by atoms with van der Waals surface area (Å²) in [5.74, 6) is 0.248. The van der Waals surface area contributed by atoms with Crippen molar-refractivity contribution >= 4 is 46.1 Å². The first-order valence-corrected chi connectivity index (χ1v) is 8.82. The number of halogens is 2. The van der Waals surface area contributed by atoms with Crippen LogP contribution >= 0.6 is 34.5 Å². The molecule has 2 aromatic heterocycles. The second-order valence-electron chi connectivity index (χ2n) is 5.08. The number of ether oxygens (including phenoxy) is 1. The Morgan fingerprint density at radius 3 is 2.68 bits per heavy atom. The minimum atomic E-state index is -0.237. The molecule has 8 heteroatoms. The molecule has 0 fully saturated rings. The molecule has 1 aromatic carbocycles. The van der Waals surface area contributed by atoms with Crippen LogP contribution in [0.15, 0.2) is 41.9 Å². The highest BCUT2D eigenvalue weighted by Gasteiger charge is 2.18. The number of rotatable bonds is 4. The third-order valence-electron chi connectivity index (χ3n) is 3.51. The van der Waals surface area contributed by atoms with E-state index in [1.54, 1.807) is 49.0 Å². The molecule has 0 bridgehead atoms. The van der Waals surface area contributed by atoms with Crippen molar-refractivity contribution in [2.24, 2.45) is 0 Å². The highest BCUT2D eigenvalue weighted by Crippen LogP contribution is 2.32. The minimum Gasteiger partial charge on any atom is -0.481 e. The van der Waals surface area contributed by atoms with Gasteiger partial charge in [-0.15, -0.1) is 11.3 Å². The van der Waals surface area contributed by atoms with Crippen LogP contribution in [-0.4, -0.2) is 30.0 Å². The number of hydrogen-bond donors (Lipinski definition) is 0. The molecule has 3 aromatic rings. The van der Waals surface area contributed by atoms with Crippen molar-refractivity contribution < 1.29 is 9.53 Å². The fraction of sp³-hybridized carbons (Fsp3) is 0.118. The predicted octanol–water partition coefficient (Wildman–Crippen LogP) is 4.80. The molecule has 3 rings (SSSR count). The van der Waals surface area contributed by atoms with Gasteiger partial charge >= 0.3 is 0 Å². The van der Waals surface area contributed by atoms with Gasteiger partial charge in [-0.05, 0) is 24.3 Å². The molecule has 0 spiro atoms. The number of amides is 1. The highest BCUT2D eigenvalue weighted by atomic mass is 35.5. The number of carbonyl (C=O) groups is 1. The zero-order chi connectivity index (χ0) is 18.0. The van der Waals surface area contributed by atoms with Crippen molar-refractivity contribution in [2.45, 2.75) is 0 Å². The van der Waals surface area contributed by atoms with Crippen LogP contribution in [0.3, 0.4) is 0 Å². The Labute approximate surface area is 158 Å². The molecular weight excluding hydrogens is 381 g/mol. The van der Waals surface area contributed by atoms with E-state index < -0.39 is 0 Å². The lowest BCUT2D eigenvalue weighted by Gasteiger charge is -2.15. The number of anilines is 1. The normalized spacial score (nSPS) is 10.6. The van der Waals surface area contributed by atoms with Gasteiger partial charge < -0.3 is 9.64 Å². The molecule has 0 radical (unpaired) electrons. The van der Waals surface area contributed by atoms with Gasteiger partial charge in [0.15, 0.2) is 0 Å². The quantitative estimate of drug-likeness (QED) is 0.638. The van der Waals surface area contributed by atoms with Crippen molar-refractivity contribution in [3.8, 4) is 16.5 Å². The summed E-state index contributed by atoms with van der Waals surface area (Å²) in [5.41, 5.74) is 1.72. The molecule has 2 heterocycles. The van der Waals surface area contributed by atoms with Crippen LogP contribution in [-0.2, 0) is 0 Å². The Morgan fingerprint density at radius 2 is 2.04 bits per heavy atom. The van der Waals surface area contributed by atoms with Gasteiger partial charge in [0.1, 0.15) is 10.7 Å². The van der Waals surface area contributed by atoms with E-state index >= 15 is 0 Å². The Kier molecular flexibility index (Phi) is 5.22. The van der Waals surface area contributed by atoms with Crippen LogP contribution in [0.25, 0.3) is 10.6 Å². The first-order chi connectivity index (χ1) is 12.0. The molecule has 5 nitrogen and oxygen atoms in total. The van der Waals surface area contributed by atoms with Crippen LogP contribution in [0.2, 0.25) is 10.0 Å². The predicted molar refractivity (Wildman–Crippen MR) is 101 cm³/mol. The van der Waals surface area contributed by atoms with Crippen molar-refractivity contribution in [3.05, 3.63) is 57.6 Å². The molecule has 0 aliphatic rings. The van der Waals surface area contributed by atoms with Gasteiger partial charge in [0.05, 0.1) is 24.0 Å². The fourth-order valence-corrected chi connectivity index (χ4v) is 3.53. The zero-order valence-corrected chi connectivity index (χ0v) is 15.7. The van der Waals surface area contributed by atoms with Crippen LogP contribution in [0.4, 0.5) is 5.69 Å². The smallest absolute Gasteiger partial charge is 0.277 e. The lowest BCUT2D eigenvalue weighted by atomic mass is 10.2. The second-order valence-corrected chi connectivity index (χ2v) is 6.79. The number of carbonyl (C=O) groups excluding carboxylic acids is 1. The molecule has 0 unspecified atom stereocenters. The van der Waals surface area contributed by atoms with Gasteiger partial charge in [-0.25, -0.2) is 9.97 Å². The molecule has 0 saturated heterocycles. The number of hydrogen-bond acceptors (Lipinski definition) is 5. The topological polar surface area (TPSA) is 55.3 Å². The van der Waals surface area contributed by atoms with Crippen LogP contribution in [0, 0.1) is 0 Å². The average molecular weight is 394 g/mol. The zero-order valence-electron chi connectivity index (χ0n) is 13.4. The van der Waals surface area contributed by atoms with Gasteiger partial charge in [0.25, 0.3) is 5.91 Å². The summed E-state index contributed by atoms with van der Waals surface area (Å²) in [6.45, 7) is 0. The summed E-state index contributed by atoms with van der Waals surface area (Å²) < 4.78 is 5.02. The van der Waals surface area contributed by atoms with E-state index in [2.05, 4.69) is 9.97 Å². The number of thiazole rings is 1. The Morgan fingerprint density at radius 1 is 1.24 bits per heavy atom. The first kappa shape index (κ1) is 17.7. The van der Waals surface area contributed by atoms with E-state index in [-0.39, 0.29) is 5.91 Å². The van der Waals surface area contributed by atoms with Gasteiger partial charge in [0, 0.05) is 29.1 Å². The molecule has 0 N–H and O–H groups in total. The van der Waals surface area contributed by atoms with Crippen molar-refractivity contribution in [1.29, 1.82) is 0 Å². The number of pyridine rings is 1. The third kappa shape index (κ3) is 3.76. The van der Waals surface area contributed by atoms with E-state index in [0.717, 1.165) is 5.56 Å². The van der Waals surface area contributed by atoms with Gasteiger partial charge in [-0.3, -0.25) is 4.79 Å². The molecule has 0 saturated carbocycles. The molecule has 0 atom stereocenters. The fourth-order valence-electron chi connectivity index (χ4n) is 2.14. The van der Waals surface area contributed by atoms with Crippen molar-refractivity contribution in [3.63, 3.8) is 0 Å². The minimum absolute atomic E-state index is 0.237. The molecule has 25 heavy (non-hydrogen) atoms. The summed E-state index contributed by atoms with van der Waals surface area (Å²) in [5, 5.41) is 3.41. The van der Waals surface area contributed by atoms with Crippen LogP contribution < -0.4 is 9.64 Å². The number of aromatic nitrogens is 2. The summed E-state index contributed by atoms with van der Waals surface area (Å²) in [4.78, 5) is 22.6. The lowest BCUT2D eigenvalue weighted by Crippen LogP contribution is -2.26. The van der Waals surface area contributed by atoms with Crippen LogP contribution in [0.5, 0.6) is 5.88 Å². The summed E-state index contributed by atoms with van der Waals surface area (Å²) >= 11 is 13.5. The molecule has 128 valence electrons. The second kappa shape index (κ2) is 7.39. The lowest BCUT2D eigenvalue weighted by molar-refractivity contribution is 0.0989. The van der Waals surface area contributed by atoms with Gasteiger partial charge in [-0.1, -0.05) is 23.2 Å². The van der Waals surface area contributed by atoms with E-state index in [9.17, 15) is 4.79 Å². The SMILES string of the molecule is COc1ccc(N(C)C(=O)c2csc(-c3ccc(Cl)cc3Cl)n2)cn1. The van der Waals surface area contributed by atoms with Crippen molar-refractivity contribution in [2.75, 3.05) is 19.1 Å². The maximum atomic E-state index is 12.6. The Hall–Kier alpha value is -2.15. The Bertz CT molecular complexity index is 913. The largest absolute Gasteiger partial charge is 0.481 e. The maximum absolute atomic E-state index is 12.6. The van der Waals surface area contributed by atoms with E-state index in [1.165, 1.54) is 23.3 Å². The van der Waals surface area contributed by atoms with E-state index in [1.807, 2.05) is 0 Å². The number of methoxy groups -OCH3 is 1. The van der Waals surface area contributed by atoms with Crippen LogP contribution in [0.1, 0.15) is 10.5 Å². The molecule has 0 aliphatic carbocycles. The molecular formula is C17H13Cl2N3O2S. The monoisotopic (exact) mass is 393 g/mol. The summed E-state index contributed by atoms with van der Waals surface area (Å²) in [7, 11) is 3.20. The first-order valence-electron chi connectivity index (χ1n) is 7.18. The highest BCUT2D eigenvalue weighted by molar-refractivity contribution is 7.13. The third-order valence-corrected chi connectivity index (χ3v) is 4.93. The Balaban J connectivity index is 1.84. The van der Waals surface area contributed by atoms with E-state index in [4.69, 9.17) is 27.9 Å². The number of benzene rings is 1. The molecule has 0 aliphatic heterocycles. The van der Waals surface area contributed by atoms with Gasteiger partial charge in [0.2, 0.25) is 5.88 Å². The maximum Gasteiger partial charge on any atom is 0.277 e. The summed E-state index contributed by atoms with van der Waals surface area (Å²) in [6.07, 6.45) is 1.57. The summed E-state index contributed by atoms with van der Waals surface area (Å²) in [6, 6.07) is 8.62. The molecule has 1 amide bonds.